The van der Waals surface area contributed by atoms with E-state index in [0.717, 1.165) is 30.2 Å². The molecule has 0 aliphatic carbocycles. The monoisotopic (exact) mass is 428 g/mol. The third kappa shape index (κ3) is 4.83. The van der Waals surface area contributed by atoms with Crippen molar-refractivity contribution in [2.75, 3.05) is 26.2 Å². The Balaban J connectivity index is 1.31. The number of rotatable bonds is 5. The maximum absolute atomic E-state index is 13.4. The molecule has 4 rings (SSSR count). The molecule has 0 radical (unpaired) electrons. The SMILES string of the molecule is Cc1cc(-c2nnn(CC(=O)N3CCN(Cc4cccc(Cl)c4)CC3)n2)ccc1F. The lowest BCUT2D eigenvalue weighted by atomic mass is 10.1. The summed E-state index contributed by atoms with van der Waals surface area (Å²) in [7, 11) is 0. The molecule has 2 heterocycles. The number of piperazine rings is 1. The molecule has 2 aromatic carbocycles. The average Bonchev–Trinajstić information content (AvgIpc) is 3.19. The number of aromatic nitrogens is 4. The van der Waals surface area contributed by atoms with Crippen LogP contribution in [0.5, 0.6) is 0 Å². The van der Waals surface area contributed by atoms with E-state index < -0.39 is 0 Å². The van der Waals surface area contributed by atoms with E-state index in [1.807, 2.05) is 23.1 Å². The number of benzene rings is 2. The molecule has 9 heteroatoms. The first kappa shape index (κ1) is 20.4. The van der Waals surface area contributed by atoms with E-state index in [-0.39, 0.29) is 18.3 Å². The zero-order valence-electron chi connectivity index (χ0n) is 16.6. The summed E-state index contributed by atoms with van der Waals surface area (Å²) in [5, 5.41) is 13.0. The Morgan fingerprint density at radius 1 is 1.13 bits per heavy atom. The normalized spacial score (nSPS) is 14.8. The molecular formula is C21H22ClFN6O. The molecule has 0 atom stereocenters. The fraction of sp³-hybridized carbons (Fsp3) is 0.333. The maximum atomic E-state index is 13.4. The summed E-state index contributed by atoms with van der Waals surface area (Å²) in [4.78, 5) is 18.0. The highest BCUT2D eigenvalue weighted by atomic mass is 35.5. The van der Waals surface area contributed by atoms with Crippen molar-refractivity contribution in [1.29, 1.82) is 0 Å². The number of tetrazole rings is 1. The molecule has 1 saturated heterocycles. The van der Waals surface area contributed by atoms with Crippen LogP contribution in [-0.4, -0.2) is 62.1 Å². The van der Waals surface area contributed by atoms with Crippen molar-refractivity contribution in [1.82, 2.24) is 30.0 Å². The van der Waals surface area contributed by atoms with Crippen molar-refractivity contribution < 1.29 is 9.18 Å². The number of halogens is 2. The predicted octanol–water partition coefficient (Wildman–Crippen LogP) is 2.79. The number of carbonyl (C=O) groups is 1. The molecule has 0 spiro atoms. The van der Waals surface area contributed by atoms with E-state index in [9.17, 15) is 9.18 Å². The van der Waals surface area contributed by atoms with Gasteiger partial charge in [0.25, 0.3) is 0 Å². The van der Waals surface area contributed by atoms with Gasteiger partial charge in [-0.1, -0.05) is 23.7 Å². The summed E-state index contributed by atoms with van der Waals surface area (Å²) < 4.78 is 13.4. The minimum absolute atomic E-state index is 0.0292. The van der Waals surface area contributed by atoms with Crippen molar-refractivity contribution in [2.45, 2.75) is 20.0 Å². The summed E-state index contributed by atoms with van der Waals surface area (Å²) in [5.74, 6) is 0.0460. The van der Waals surface area contributed by atoms with E-state index in [4.69, 9.17) is 11.6 Å². The Hall–Kier alpha value is -2.84. The highest BCUT2D eigenvalue weighted by molar-refractivity contribution is 6.30. The topological polar surface area (TPSA) is 67.2 Å². The third-order valence-electron chi connectivity index (χ3n) is 5.17. The van der Waals surface area contributed by atoms with Gasteiger partial charge in [0, 0.05) is 43.3 Å². The van der Waals surface area contributed by atoms with Gasteiger partial charge in [-0.2, -0.15) is 4.80 Å². The molecule has 1 aromatic heterocycles. The second-order valence-corrected chi connectivity index (χ2v) is 7.83. The van der Waals surface area contributed by atoms with Gasteiger partial charge in [-0.25, -0.2) is 4.39 Å². The molecule has 7 nitrogen and oxygen atoms in total. The molecule has 0 saturated carbocycles. The second kappa shape index (κ2) is 8.89. The molecule has 156 valence electrons. The largest absolute Gasteiger partial charge is 0.338 e. The number of carbonyl (C=O) groups excluding carboxylic acids is 1. The molecular weight excluding hydrogens is 407 g/mol. The Morgan fingerprint density at radius 3 is 2.67 bits per heavy atom. The smallest absolute Gasteiger partial charge is 0.246 e. The van der Waals surface area contributed by atoms with E-state index >= 15 is 0 Å². The summed E-state index contributed by atoms with van der Waals surface area (Å²) in [6.45, 7) is 5.41. The van der Waals surface area contributed by atoms with Crippen LogP contribution in [0.1, 0.15) is 11.1 Å². The highest BCUT2D eigenvalue weighted by Crippen LogP contribution is 2.18. The summed E-state index contributed by atoms with van der Waals surface area (Å²) in [6, 6.07) is 12.5. The van der Waals surface area contributed by atoms with Gasteiger partial charge in [-0.05, 0) is 53.6 Å². The summed E-state index contributed by atoms with van der Waals surface area (Å²) in [5.41, 5.74) is 2.34. The van der Waals surface area contributed by atoms with Gasteiger partial charge in [0.2, 0.25) is 11.7 Å². The van der Waals surface area contributed by atoms with Crippen LogP contribution < -0.4 is 0 Å². The predicted molar refractivity (Wildman–Crippen MR) is 111 cm³/mol. The van der Waals surface area contributed by atoms with Gasteiger partial charge in [0.05, 0.1) is 0 Å². The standard InChI is InChI=1S/C21H22ClFN6O/c1-15-11-17(5-6-19(15)23)21-24-26-29(25-21)14-20(30)28-9-7-27(8-10-28)13-16-3-2-4-18(22)12-16/h2-6,11-12H,7-10,13-14H2,1H3. The molecule has 1 aliphatic rings. The van der Waals surface area contributed by atoms with Crippen LogP contribution in [0.4, 0.5) is 4.39 Å². The summed E-state index contributed by atoms with van der Waals surface area (Å²) in [6.07, 6.45) is 0. The van der Waals surface area contributed by atoms with Crippen LogP contribution in [0.3, 0.4) is 0 Å². The Kier molecular flexibility index (Phi) is 6.06. The van der Waals surface area contributed by atoms with Crippen molar-refractivity contribution in [3.63, 3.8) is 0 Å². The second-order valence-electron chi connectivity index (χ2n) is 7.39. The van der Waals surface area contributed by atoms with Gasteiger partial charge < -0.3 is 4.90 Å². The molecule has 1 aliphatic heterocycles. The van der Waals surface area contributed by atoms with Gasteiger partial charge in [0.15, 0.2) is 0 Å². The number of aryl methyl sites for hydroxylation is 1. The fourth-order valence-corrected chi connectivity index (χ4v) is 3.69. The van der Waals surface area contributed by atoms with Crippen molar-refractivity contribution >= 4 is 17.5 Å². The van der Waals surface area contributed by atoms with Crippen LogP contribution in [-0.2, 0) is 17.9 Å². The van der Waals surface area contributed by atoms with Gasteiger partial charge in [-0.3, -0.25) is 9.69 Å². The molecule has 0 unspecified atom stereocenters. The Labute approximate surface area is 179 Å². The third-order valence-corrected chi connectivity index (χ3v) is 5.40. The minimum Gasteiger partial charge on any atom is -0.338 e. The maximum Gasteiger partial charge on any atom is 0.246 e. The first-order valence-corrected chi connectivity index (χ1v) is 10.1. The van der Waals surface area contributed by atoms with Crippen LogP contribution in [0, 0.1) is 12.7 Å². The molecule has 1 amide bonds. The fourth-order valence-electron chi connectivity index (χ4n) is 3.48. The van der Waals surface area contributed by atoms with Crippen LogP contribution in [0.15, 0.2) is 42.5 Å². The number of hydrogen-bond donors (Lipinski definition) is 0. The van der Waals surface area contributed by atoms with E-state index in [1.54, 1.807) is 19.1 Å². The lowest BCUT2D eigenvalue weighted by Gasteiger charge is -2.34. The average molecular weight is 429 g/mol. The van der Waals surface area contributed by atoms with E-state index in [1.165, 1.54) is 10.9 Å². The first-order chi connectivity index (χ1) is 14.5. The minimum atomic E-state index is -0.282. The molecule has 1 fully saturated rings. The lowest BCUT2D eigenvalue weighted by molar-refractivity contribution is -0.134. The van der Waals surface area contributed by atoms with Gasteiger partial charge >= 0.3 is 0 Å². The van der Waals surface area contributed by atoms with Crippen molar-refractivity contribution in [3.8, 4) is 11.4 Å². The Morgan fingerprint density at radius 2 is 1.93 bits per heavy atom. The summed E-state index contributed by atoms with van der Waals surface area (Å²) >= 11 is 6.05. The highest BCUT2D eigenvalue weighted by Gasteiger charge is 2.22. The van der Waals surface area contributed by atoms with Crippen LogP contribution in [0.2, 0.25) is 5.02 Å². The zero-order chi connectivity index (χ0) is 21.1. The number of nitrogens with zero attached hydrogens (tertiary/aromatic N) is 6. The first-order valence-electron chi connectivity index (χ1n) is 9.77. The molecule has 0 N–H and O–H groups in total. The molecule has 0 bridgehead atoms. The van der Waals surface area contributed by atoms with Gasteiger partial charge in [0.1, 0.15) is 12.4 Å². The molecule has 30 heavy (non-hydrogen) atoms. The van der Waals surface area contributed by atoms with Gasteiger partial charge in [-0.15, -0.1) is 10.2 Å². The lowest BCUT2D eigenvalue weighted by Crippen LogP contribution is -2.49. The number of hydrogen-bond acceptors (Lipinski definition) is 5. The number of amides is 1. The van der Waals surface area contributed by atoms with Crippen molar-refractivity contribution in [2.24, 2.45) is 0 Å². The van der Waals surface area contributed by atoms with Crippen LogP contribution in [0.25, 0.3) is 11.4 Å². The van der Waals surface area contributed by atoms with Crippen LogP contribution >= 0.6 is 11.6 Å². The Bertz CT molecular complexity index is 1050. The van der Waals surface area contributed by atoms with Crippen molar-refractivity contribution in [3.05, 3.63) is 64.4 Å². The van der Waals surface area contributed by atoms with E-state index in [2.05, 4.69) is 26.4 Å². The quantitative estimate of drug-likeness (QED) is 0.625. The van der Waals surface area contributed by atoms with E-state index in [0.29, 0.717) is 30.0 Å². The molecule has 3 aromatic rings. The zero-order valence-corrected chi connectivity index (χ0v) is 17.4.